The number of nitriles is 1. The number of morpholine rings is 1. The molecule has 0 spiro atoms. The summed E-state index contributed by atoms with van der Waals surface area (Å²) in [6.45, 7) is 2.84. The predicted octanol–water partition coefficient (Wildman–Crippen LogP) is 3.60. The number of rotatable bonds is 4. The molecule has 0 bridgehead atoms. The van der Waals surface area contributed by atoms with Gasteiger partial charge in [-0.2, -0.15) is 10.2 Å². The van der Waals surface area contributed by atoms with Crippen LogP contribution in [0, 0.1) is 11.3 Å². The maximum absolute atomic E-state index is 9.34. The lowest BCUT2D eigenvalue weighted by Gasteiger charge is -2.27. The van der Waals surface area contributed by atoms with Crippen LogP contribution >= 0.6 is 0 Å². The lowest BCUT2D eigenvalue weighted by molar-refractivity contribution is 0.122. The third kappa shape index (κ3) is 3.89. The average Bonchev–Trinajstić information content (AvgIpc) is 2.75. The van der Waals surface area contributed by atoms with Crippen molar-refractivity contribution in [2.45, 2.75) is 0 Å². The van der Waals surface area contributed by atoms with E-state index in [9.17, 15) is 5.26 Å². The van der Waals surface area contributed by atoms with Crippen LogP contribution in [0.5, 0.6) is 0 Å². The van der Waals surface area contributed by atoms with E-state index in [4.69, 9.17) is 14.7 Å². The fourth-order valence-electron chi connectivity index (χ4n) is 2.99. The Kier molecular flexibility index (Phi) is 4.95. The Morgan fingerprint density at radius 2 is 1.70 bits per heavy atom. The van der Waals surface area contributed by atoms with Crippen molar-refractivity contribution in [3.05, 3.63) is 66.2 Å². The highest BCUT2D eigenvalue weighted by atomic mass is 16.5. The minimum Gasteiger partial charge on any atom is -0.378 e. The zero-order valence-electron chi connectivity index (χ0n) is 14.8. The van der Waals surface area contributed by atoms with Gasteiger partial charge in [0.15, 0.2) is 0 Å². The highest BCUT2D eigenvalue weighted by Gasteiger charge is 2.16. The monoisotopic (exact) mass is 357 g/mol. The van der Waals surface area contributed by atoms with Crippen molar-refractivity contribution in [3.63, 3.8) is 0 Å². The largest absolute Gasteiger partial charge is 0.378 e. The van der Waals surface area contributed by atoms with E-state index in [1.807, 2.05) is 54.6 Å². The smallest absolute Gasteiger partial charge is 0.228 e. The van der Waals surface area contributed by atoms with Gasteiger partial charge < -0.3 is 15.0 Å². The quantitative estimate of drug-likeness (QED) is 0.769. The third-order valence-corrected chi connectivity index (χ3v) is 4.39. The zero-order valence-corrected chi connectivity index (χ0v) is 14.8. The summed E-state index contributed by atoms with van der Waals surface area (Å²) in [7, 11) is 0. The number of aromatic nitrogens is 2. The molecule has 0 saturated carbocycles. The molecular formula is C21H19N5O. The van der Waals surface area contributed by atoms with E-state index in [1.165, 1.54) is 0 Å². The number of benzene rings is 2. The van der Waals surface area contributed by atoms with Gasteiger partial charge in [0.05, 0.1) is 30.2 Å². The highest BCUT2D eigenvalue weighted by molar-refractivity contribution is 5.70. The van der Waals surface area contributed by atoms with Crippen LogP contribution in [-0.2, 0) is 4.74 Å². The van der Waals surface area contributed by atoms with Crippen molar-refractivity contribution in [2.75, 3.05) is 36.5 Å². The summed E-state index contributed by atoms with van der Waals surface area (Å²) in [5, 5.41) is 12.6. The molecule has 0 unspecified atom stereocenters. The summed E-state index contributed by atoms with van der Waals surface area (Å²) in [6.07, 6.45) is 0. The third-order valence-electron chi connectivity index (χ3n) is 4.39. The first-order valence-corrected chi connectivity index (χ1v) is 8.87. The molecule has 2 heterocycles. The molecule has 6 nitrogen and oxygen atoms in total. The molecule has 1 saturated heterocycles. The van der Waals surface area contributed by atoms with E-state index < -0.39 is 0 Å². The number of ether oxygens (including phenoxy) is 1. The number of anilines is 3. The number of hydrogen-bond acceptors (Lipinski definition) is 6. The van der Waals surface area contributed by atoms with Gasteiger partial charge in [-0.15, -0.1) is 0 Å². The van der Waals surface area contributed by atoms with E-state index in [2.05, 4.69) is 16.3 Å². The molecule has 27 heavy (non-hydrogen) atoms. The summed E-state index contributed by atoms with van der Waals surface area (Å²) in [5.41, 5.74) is 3.16. The second kappa shape index (κ2) is 7.85. The van der Waals surface area contributed by atoms with Crippen molar-refractivity contribution in [1.82, 2.24) is 9.97 Å². The summed E-state index contributed by atoms with van der Waals surface area (Å²) in [5.74, 6) is 1.32. The Hall–Kier alpha value is -3.43. The van der Waals surface area contributed by atoms with Gasteiger partial charge in [0.25, 0.3) is 0 Å². The van der Waals surface area contributed by atoms with Crippen molar-refractivity contribution in [2.24, 2.45) is 0 Å². The Morgan fingerprint density at radius 3 is 2.48 bits per heavy atom. The molecule has 2 aromatic carbocycles. The number of nitrogens with one attached hydrogen (secondary N) is 1. The van der Waals surface area contributed by atoms with Crippen LogP contribution in [0.15, 0.2) is 60.7 Å². The van der Waals surface area contributed by atoms with Crippen LogP contribution < -0.4 is 10.2 Å². The molecule has 1 aromatic heterocycles. The minimum atomic E-state index is 0.574. The Morgan fingerprint density at radius 1 is 0.963 bits per heavy atom. The van der Waals surface area contributed by atoms with Gasteiger partial charge in [-0.05, 0) is 12.1 Å². The van der Waals surface area contributed by atoms with Crippen LogP contribution in [0.1, 0.15) is 5.56 Å². The predicted molar refractivity (Wildman–Crippen MR) is 105 cm³/mol. The number of hydrogen-bond donors (Lipinski definition) is 1. The summed E-state index contributed by atoms with van der Waals surface area (Å²) < 4.78 is 5.44. The first-order valence-electron chi connectivity index (χ1n) is 8.87. The average molecular weight is 357 g/mol. The molecule has 1 aliphatic heterocycles. The molecule has 1 N–H and O–H groups in total. The molecule has 0 aliphatic carbocycles. The van der Waals surface area contributed by atoms with Gasteiger partial charge >= 0.3 is 0 Å². The SMILES string of the molecule is N#Cc1ccccc1Nc1cc(-c2ccccc2)nc(N2CCOCC2)n1. The van der Waals surface area contributed by atoms with Gasteiger partial charge in [0.1, 0.15) is 11.9 Å². The second-order valence-electron chi connectivity index (χ2n) is 6.19. The zero-order chi connectivity index (χ0) is 18.5. The lowest BCUT2D eigenvalue weighted by Crippen LogP contribution is -2.37. The van der Waals surface area contributed by atoms with Crippen molar-refractivity contribution >= 4 is 17.5 Å². The van der Waals surface area contributed by atoms with Gasteiger partial charge in [-0.1, -0.05) is 42.5 Å². The summed E-state index contributed by atoms with van der Waals surface area (Å²) >= 11 is 0. The molecule has 6 heteroatoms. The minimum absolute atomic E-state index is 0.574. The maximum atomic E-state index is 9.34. The van der Waals surface area contributed by atoms with Gasteiger partial charge in [-0.25, -0.2) is 4.98 Å². The van der Waals surface area contributed by atoms with E-state index >= 15 is 0 Å². The number of para-hydroxylation sites is 1. The molecule has 0 amide bonds. The fourth-order valence-corrected chi connectivity index (χ4v) is 2.99. The summed E-state index contributed by atoms with van der Waals surface area (Å²) in [4.78, 5) is 11.6. The maximum Gasteiger partial charge on any atom is 0.228 e. The Labute approximate surface area is 158 Å². The van der Waals surface area contributed by atoms with E-state index in [0.717, 1.165) is 30.0 Å². The molecule has 4 rings (SSSR count). The second-order valence-corrected chi connectivity index (χ2v) is 6.19. The van der Waals surface area contributed by atoms with Crippen molar-refractivity contribution < 1.29 is 4.74 Å². The van der Waals surface area contributed by atoms with Crippen molar-refractivity contribution in [3.8, 4) is 17.3 Å². The van der Waals surface area contributed by atoms with Crippen LogP contribution in [0.2, 0.25) is 0 Å². The van der Waals surface area contributed by atoms with Crippen molar-refractivity contribution in [1.29, 1.82) is 5.26 Å². The van der Waals surface area contributed by atoms with Crippen LogP contribution in [0.25, 0.3) is 11.3 Å². The standard InChI is InChI=1S/C21H19N5O/c22-15-17-8-4-5-9-18(17)23-20-14-19(16-6-2-1-3-7-16)24-21(25-20)26-10-12-27-13-11-26/h1-9,14H,10-13H2,(H,23,24,25). The topological polar surface area (TPSA) is 74.1 Å². The molecule has 1 aliphatic rings. The van der Waals surface area contributed by atoms with E-state index in [0.29, 0.717) is 30.5 Å². The Balaban J connectivity index is 1.74. The van der Waals surface area contributed by atoms with Gasteiger partial charge in [0, 0.05) is 24.7 Å². The summed E-state index contributed by atoms with van der Waals surface area (Å²) in [6, 6.07) is 21.5. The fraction of sp³-hybridized carbons (Fsp3) is 0.190. The van der Waals surface area contributed by atoms with Gasteiger partial charge in [0.2, 0.25) is 5.95 Å². The van der Waals surface area contributed by atoms with Gasteiger partial charge in [-0.3, -0.25) is 0 Å². The first kappa shape index (κ1) is 17.0. The lowest BCUT2D eigenvalue weighted by atomic mass is 10.1. The van der Waals surface area contributed by atoms with Crippen LogP contribution in [0.3, 0.4) is 0 Å². The van der Waals surface area contributed by atoms with Crippen LogP contribution in [-0.4, -0.2) is 36.3 Å². The molecule has 0 radical (unpaired) electrons. The molecule has 0 atom stereocenters. The van der Waals surface area contributed by atoms with Crippen LogP contribution in [0.4, 0.5) is 17.5 Å². The molecule has 1 fully saturated rings. The number of nitrogens with zero attached hydrogens (tertiary/aromatic N) is 4. The highest BCUT2D eigenvalue weighted by Crippen LogP contribution is 2.26. The Bertz CT molecular complexity index is 962. The molecule has 134 valence electrons. The molecular weight excluding hydrogens is 338 g/mol. The normalized spacial score (nSPS) is 13.8. The van der Waals surface area contributed by atoms with E-state index in [-0.39, 0.29) is 0 Å². The molecule has 3 aromatic rings. The first-order chi connectivity index (χ1) is 13.3. The van der Waals surface area contributed by atoms with E-state index in [1.54, 1.807) is 6.07 Å².